The normalized spacial score (nSPS) is 16.6. The molecule has 1 aliphatic heterocycles. The zero-order valence-electron chi connectivity index (χ0n) is 11.7. The molecule has 0 radical (unpaired) electrons. The molecule has 0 bridgehead atoms. The summed E-state index contributed by atoms with van der Waals surface area (Å²) >= 11 is 1.70. The fourth-order valence-corrected chi connectivity index (χ4v) is 3.61. The van der Waals surface area contributed by atoms with Crippen LogP contribution in [0.15, 0.2) is 12.4 Å². The maximum atomic E-state index is 11.7. The summed E-state index contributed by atoms with van der Waals surface area (Å²) in [4.78, 5) is 25.0. The van der Waals surface area contributed by atoms with Crippen LogP contribution in [0.3, 0.4) is 0 Å². The van der Waals surface area contributed by atoms with Crippen molar-refractivity contribution in [2.75, 3.05) is 25.0 Å². The largest absolute Gasteiger partial charge is 0.359 e. The van der Waals surface area contributed by atoms with Crippen LogP contribution in [0.1, 0.15) is 17.7 Å². The molecular weight excluding hydrogens is 272 g/mol. The lowest BCUT2D eigenvalue weighted by atomic mass is 9.96. The summed E-state index contributed by atoms with van der Waals surface area (Å²) in [6.07, 6.45) is 3.40. The molecule has 2 aromatic heterocycles. The number of carbonyl (C=O) groups excluding carboxylic acids is 1. The van der Waals surface area contributed by atoms with Gasteiger partial charge in [-0.2, -0.15) is 0 Å². The van der Waals surface area contributed by atoms with Crippen LogP contribution < -0.4 is 10.2 Å². The molecule has 1 aliphatic rings. The van der Waals surface area contributed by atoms with Crippen LogP contribution in [0.5, 0.6) is 0 Å². The number of fused-ring (bicyclic) bond motifs is 1. The maximum Gasteiger partial charge on any atom is 0.222 e. The lowest BCUT2D eigenvalue weighted by Gasteiger charge is -2.32. The van der Waals surface area contributed by atoms with Gasteiger partial charge in [0.1, 0.15) is 17.0 Å². The van der Waals surface area contributed by atoms with Crippen molar-refractivity contribution in [3.05, 3.63) is 17.3 Å². The highest BCUT2D eigenvalue weighted by Gasteiger charge is 2.25. The van der Waals surface area contributed by atoms with E-state index in [4.69, 9.17) is 0 Å². The number of aromatic nitrogens is 2. The predicted octanol–water partition coefficient (Wildman–Crippen LogP) is 1.96. The Morgan fingerprint density at radius 1 is 1.40 bits per heavy atom. The minimum Gasteiger partial charge on any atom is -0.359 e. The Hall–Kier alpha value is -1.69. The highest BCUT2D eigenvalue weighted by atomic mass is 32.1. The summed E-state index contributed by atoms with van der Waals surface area (Å²) < 4.78 is 0. The highest BCUT2D eigenvalue weighted by molar-refractivity contribution is 7.18. The zero-order chi connectivity index (χ0) is 14.1. The maximum absolute atomic E-state index is 11.7. The topological polar surface area (TPSA) is 58.1 Å². The Balaban J connectivity index is 1.81. The monoisotopic (exact) mass is 290 g/mol. The number of carbonyl (C=O) groups is 1. The number of amides is 1. The fraction of sp³-hybridized carbons (Fsp3) is 0.500. The molecule has 1 fully saturated rings. The molecule has 0 aliphatic carbocycles. The van der Waals surface area contributed by atoms with E-state index in [1.54, 1.807) is 24.7 Å². The summed E-state index contributed by atoms with van der Waals surface area (Å²) in [6, 6.07) is 2.15. The van der Waals surface area contributed by atoms with Gasteiger partial charge in [-0.1, -0.05) is 0 Å². The number of thiophene rings is 1. The minimum absolute atomic E-state index is 0.137. The Morgan fingerprint density at radius 3 is 2.85 bits per heavy atom. The average Bonchev–Trinajstić information content (AvgIpc) is 2.86. The van der Waals surface area contributed by atoms with Crippen molar-refractivity contribution >= 4 is 33.3 Å². The molecule has 2 aromatic rings. The fourth-order valence-electron chi connectivity index (χ4n) is 2.77. The Labute approximate surface area is 122 Å². The van der Waals surface area contributed by atoms with Gasteiger partial charge in [-0.15, -0.1) is 11.3 Å². The van der Waals surface area contributed by atoms with Gasteiger partial charge in [-0.25, -0.2) is 9.97 Å². The lowest BCUT2D eigenvalue weighted by Crippen LogP contribution is -2.40. The molecule has 20 heavy (non-hydrogen) atoms. The van der Waals surface area contributed by atoms with E-state index in [2.05, 4.69) is 33.2 Å². The SMILES string of the molecule is CNC(=O)C1CCN(c2ncnc3sc(C)cc23)CC1. The second kappa shape index (κ2) is 5.36. The van der Waals surface area contributed by atoms with E-state index in [1.165, 1.54) is 4.88 Å². The van der Waals surface area contributed by atoms with Crippen LogP contribution in [0.2, 0.25) is 0 Å². The second-order valence-corrected chi connectivity index (χ2v) is 6.38. The average molecular weight is 290 g/mol. The summed E-state index contributed by atoms with van der Waals surface area (Å²) in [5, 5.41) is 3.87. The third kappa shape index (κ3) is 2.35. The van der Waals surface area contributed by atoms with Crippen LogP contribution in [0.4, 0.5) is 5.82 Å². The summed E-state index contributed by atoms with van der Waals surface area (Å²) in [7, 11) is 1.71. The number of aryl methyl sites for hydroxylation is 1. The number of piperidine rings is 1. The van der Waals surface area contributed by atoms with Gasteiger partial charge in [0.2, 0.25) is 5.91 Å². The van der Waals surface area contributed by atoms with E-state index < -0.39 is 0 Å². The van der Waals surface area contributed by atoms with Crippen LogP contribution >= 0.6 is 11.3 Å². The number of nitrogens with zero attached hydrogens (tertiary/aromatic N) is 3. The molecule has 1 N–H and O–H groups in total. The molecule has 1 saturated heterocycles. The third-order valence-corrected chi connectivity index (χ3v) is 4.80. The molecule has 0 aromatic carbocycles. The van der Waals surface area contributed by atoms with Crippen molar-refractivity contribution < 1.29 is 4.79 Å². The smallest absolute Gasteiger partial charge is 0.222 e. The molecule has 0 unspecified atom stereocenters. The van der Waals surface area contributed by atoms with E-state index in [1.807, 2.05) is 0 Å². The van der Waals surface area contributed by atoms with Crippen molar-refractivity contribution in [1.29, 1.82) is 0 Å². The van der Waals surface area contributed by atoms with Gasteiger partial charge < -0.3 is 10.2 Å². The van der Waals surface area contributed by atoms with Crippen molar-refractivity contribution in [3.8, 4) is 0 Å². The first-order chi connectivity index (χ1) is 9.69. The van der Waals surface area contributed by atoms with E-state index in [0.717, 1.165) is 42.0 Å². The lowest BCUT2D eigenvalue weighted by molar-refractivity contribution is -0.125. The second-order valence-electron chi connectivity index (χ2n) is 5.15. The molecule has 0 spiro atoms. The highest BCUT2D eigenvalue weighted by Crippen LogP contribution is 2.31. The summed E-state index contributed by atoms with van der Waals surface area (Å²) in [5.74, 6) is 1.30. The number of rotatable bonds is 2. The molecule has 6 heteroatoms. The summed E-state index contributed by atoms with van der Waals surface area (Å²) in [5.41, 5.74) is 0. The number of hydrogen-bond acceptors (Lipinski definition) is 5. The van der Waals surface area contributed by atoms with Crippen molar-refractivity contribution in [2.24, 2.45) is 5.92 Å². The standard InChI is InChI=1S/C14H18N4OS/c1-9-7-11-12(16-8-17-14(11)20-9)18-5-3-10(4-6-18)13(19)15-2/h7-8,10H,3-6H2,1-2H3,(H,15,19). The first-order valence-electron chi connectivity index (χ1n) is 6.86. The first-order valence-corrected chi connectivity index (χ1v) is 7.68. The van der Waals surface area contributed by atoms with Gasteiger partial charge in [-0.3, -0.25) is 4.79 Å². The van der Waals surface area contributed by atoms with Crippen LogP contribution in [0.25, 0.3) is 10.2 Å². The Morgan fingerprint density at radius 2 is 2.15 bits per heavy atom. The van der Waals surface area contributed by atoms with E-state index in [0.29, 0.717) is 0 Å². The van der Waals surface area contributed by atoms with Crippen LogP contribution in [-0.2, 0) is 4.79 Å². The van der Waals surface area contributed by atoms with Gasteiger partial charge in [0.15, 0.2) is 0 Å². The van der Waals surface area contributed by atoms with Crippen LogP contribution in [0, 0.1) is 12.8 Å². The van der Waals surface area contributed by atoms with Crippen LogP contribution in [-0.4, -0.2) is 36.0 Å². The van der Waals surface area contributed by atoms with Crippen molar-refractivity contribution in [1.82, 2.24) is 15.3 Å². The quantitative estimate of drug-likeness (QED) is 0.918. The predicted molar refractivity (Wildman–Crippen MR) is 81.2 cm³/mol. The molecular formula is C14H18N4OS. The first kappa shape index (κ1) is 13.3. The van der Waals surface area contributed by atoms with Gasteiger partial charge >= 0.3 is 0 Å². The molecule has 3 heterocycles. The molecule has 5 nitrogen and oxygen atoms in total. The minimum atomic E-state index is 0.137. The Bertz CT molecular complexity index is 631. The number of nitrogens with one attached hydrogen (secondary N) is 1. The third-order valence-electron chi connectivity index (χ3n) is 3.84. The number of hydrogen-bond donors (Lipinski definition) is 1. The summed E-state index contributed by atoms with van der Waals surface area (Å²) in [6.45, 7) is 3.84. The Kier molecular flexibility index (Phi) is 3.56. The zero-order valence-corrected chi connectivity index (χ0v) is 12.5. The molecule has 1 amide bonds. The van der Waals surface area contributed by atoms with Gasteiger partial charge in [-0.05, 0) is 25.8 Å². The molecule has 0 atom stereocenters. The van der Waals surface area contributed by atoms with E-state index >= 15 is 0 Å². The molecule has 3 rings (SSSR count). The molecule has 0 saturated carbocycles. The molecule has 106 valence electrons. The van der Waals surface area contributed by atoms with Gasteiger partial charge in [0, 0.05) is 30.9 Å². The number of anilines is 1. The van der Waals surface area contributed by atoms with Gasteiger partial charge in [0.05, 0.1) is 5.39 Å². The van der Waals surface area contributed by atoms with Gasteiger partial charge in [0.25, 0.3) is 0 Å². The van der Waals surface area contributed by atoms with E-state index in [-0.39, 0.29) is 11.8 Å². The van der Waals surface area contributed by atoms with Crippen molar-refractivity contribution in [2.45, 2.75) is 19.8 Å². The van der Waals surface area contributed by atoms with E-state index in [9.17, 15) is 4.79 Å². The van der Waals surface area contributed by atoms with Crippen molar-refractivity contribution in [3.63, 3.8) is 0 Å².